The number of hydrogen-bond acceptors (Lipinski definition) is 3. The second-order valence-electron chi connectivity index (χ2n) is 6.83. The first-order valence-corrected chi connectivity index (χ1v) is 7.81. The van der Waals surface area contributed by atoms with Crippen molar-refractivity contribution in [1.82, 2.24) is 9.80 Å². The summed E-state index contributed by atoms with van der Waals surface area (Å²) in [5.74, 6) is 0.265. The quantitative estimate of drug-likeness (QED) is 0.830. The van der Waals surface area contributed by atoms with Gasteiger partial charge < -0.3 is 4.90 Å². The van der Waals surface area contributed by atoms with Gasteiger partial charge in [0.25, 0.3) is 0 Å². The van der Waals surface area contributed by atoms with Crippen molar-refractivity contribution in [2.24, 2.45) is 0 Å². The highest BCUT2D eigenvalue weighted by atomic mass is 16.2. The van der Waals surface area contributed by atoms with E-state index in [1.54, 1.807) is 0 Å². The number of amides is 1. The molecule has 0 radical (unpaired) electrons. The molecule has 1 atom stereocenters. The normalized spacial score (nSPS) is 27.3. The molecule has 0 saturated carbocycles. The van der Waals surface area contributed by atoms with Crippen molar-refractivity contribution in [3.8, 4) is 0 Å². The van der Waals surface area contributed by atoms with Crippen molar-refractivity contribution in [3.63, 3.8) is 0 Å². The molecule has 2 fully saturated rings. The van der Waals surface area contributed by atoms with Crippen LogP contribution >= 0.6 is 0 Å². The molecule has 3 rings (SSSR count). The summed E-state index contributed by atoms with van der Waals surface area (Å²) in [5.41, 5.74) is 1.16. The fourth-order valence-electron chi connectivity index (χ4n) is 3.41. The van der Waals surface area contributed by atoms with Gasteiger partial charge in [0.1, 0.15) is 0 Å². The summed E-state index contributed by atoms with van der Waals surface area (Å²) < 4.78 is 0. The molecule has 0 aromatic heterocycles. The number of rotatable bonds is 2. The minimum absolute atomic E-state index is 0.0539. The highest BCUT2D eigenvalue weighted by molar-refractivity contribution is 5.99. The third-order valence-corrected chi connectivity index (χ3v) is 5.03. The summed E-state index contributed by atoms with van der Waals surface area (Å²) >= 11 is 0. The van der Waals surface area contributed by atoms with Gasteiger partial charge in [-0.1, -0.05) is 18.2 Å². The van der Waals surface area contributed by atoms with E-state index in [9.17, 15) is 4.79 Å². The van der Waals surface area contributed by atoms with Crippen LogP contribution in [0.5, 0.6) is 0 Å². The van der Waals surface area contributed by atoms with Crippen molar-refractivity contribution in [2.45, 2.75) is 31.8 Å². The number of likely N-dealkylation sites (N-methyl/N-ethyl adjacent to an activating group) is 1. The van der Waals surface area contributed by atoms with Gasteiger partial charge in [-0.3, -0.25) is 14.6 Å². The molecule has 0 bridgehead atoms. The molecule has 2 aliphatic rings. The fourth-order valence-corrected chi connectivity index (χ4v) is 3.41. The van der Waals surface area contributed by atoms with E-state index in [4.69, 9.17) is 0 Å². The van der Waals surface area contributed by atoms with Crippen molar-refractivity contribution < 1.29 is 4.79 Å². The number of carbonyl (C=O) groups is 1. The lowest BCUT2D eigenvalue weighted by Gasteiger charge is -2.46. The van der Waals surface area contributed by atoms with Crippen LogP contribution in [0, 0.1) is 0 Å². The number of para-hydroxylation sites is 1. The van der Waals surface area contributed by atoms with Gasteiger partial charge in [-0.2, -0.15) is 0 Å². The van der Waals surface area contributed by atoms with Gasteiger partial charge in [0, 0.05) is 37.4 Å². The van der Waals surface area contributed by atoms with Crippen LogP contribution in [-0.2, 0) is 4.79 Å². The molecule has 4 nitrogen and oxygen atoms in total. The molecular formula is C17H25N3O. The lowest BCUT2D eigenvalue weighted by Crippen LogP contribution is -2.60. The van der Waals surface area contributed by atoms with Crippen LogP contribution in [0.15, 0.2) is 30.3 Å². The van der Waals surface area contributed by atoms with E-state index in [0.29, 0.717) is 0 Å². The third kappa shape index (κ3) is 2.70. The minimum atomic E-state index is 0.0539. The lowest BCUT2D eigenvalue weighted by molar-refractivity contribution is -0.123. The Labute approximate surface area is 127 Å². The maximum atomic E-state index is 12.8. The third-order valence-electron chi connectivity index (χ3n) is 5.03. The number of hydrogen-bond donors (Lipinski definition) is 0. The van der Waals surface area contributed by atoms with E-state index in [1.807, 2.05) is 35.2 Å². The predicted octanol–water partition coefficient (Wildman–Crippen LogP) is 1.82. The van der Waals surface area contributed by atoms with Gasteiger partial charge >= 0.3 is 0 Å². The second kappa shape index (κ2) is 5.43. The molecule has 114 valence electrons. The van der Waals surface area contributed by atoms with Gasteiger partial charge in [-0.15, -0.1) is 0 Å². The van der Waals surface area contributed by atoms with E-state index >= 15 is 0 Å². The zero-order valence-corrected chi connectivity index (χ0v) is 13.2. The summed E-state index contributed by atoms with van der Waals surface area (Å²) in [7, 11) is 2.17. The fraction of sp³-hybridized carbons (Fsp3) is 0.588. The zero-order valence-electron chi connectivity index (χ0n) is 13.2. The van der Waals surface area contributed by atoms with Crippen LogP contribution in [0.3, 0.4) is 0 Å². The minimum Gasteiger partial charge on any atom is -0.311 e. The average Bonchev–Trinajstić information content (AvgIpc) is 2.85. The van der Waals surface area contributed by atoms with Gasteiger partial charge in [0.15, 0.2) is 0 Å². The molecule has 2 aliphatic heterocycles. The summed E-state index contributed by atoms with van der Waals surface area (Å²) in [4.78, 5) is 19.5. The Morgan fingerprint density at radius 1 is 1.10 bits per heavy atom. The van der Waals surface area contributed by atoms with Gasteiger partial charge in [0.2, 0.25) is 5.91 Å². The van der Waals surface area contributed by atoms with Crippen LogP contribution < -0.4 is 4.90 Å². The molecule has 4 heteroatoms. The lowest BCUT2D eigenvalue weighted by atomic mass is 9.98. The maximum absolute atomic E-state index is 12.8. The smallest absolute Gasteiger partial charge is 0.244 e. The van der Waals surface area contributed by atoms with Gasteiger partial charge in [-0.05, 0) is 39.4 Å². The van der Waals surface area contributed by atoms with Crippen LogP contribution in [0.2, 0.25) is 0 Å². The molecule has 2 saturated heterocycles. The molecule has 1 unspecified atom stereocenters. The zero-order chi connectivity index (χ0) is 15.0. The second-order valence-corrected chi connectivity index (χ2v) is 6.83. The maximum Gasteiger partial charge on any atom is 0.244 e. The Bertz CT molecular complexity index is 514. The van der Waals surface area contributed by atoms with Crippen LogP contribution in [-0.4, -0.2) is 60.5 Å². The largest absolute Gasteiger partial charge is 0.311 e. The van der Waals surface area contributed by atoms with E-state index in [2.05, 4.69) is 30.7 Å². The Morgan fingerprint density at radius 2 is 1.81 bits per heavy atom. The molecule has 2 heterocycles. The van der Waals surface area contributed by atoms with Crippen molar-refractivity contribution in [2.75, 3.05) is 38.1 Å². The Kier molecular flexibility index (Phi) is 3.76. The Morgan fingerprint density at radius 3 is 2.48 bits per heavy atom. The first-order chi connectivity index (χ1) is 9.99. The molecule has 0 N–H and O–H groups in total. The van der Waals surface area contributed by atoms with E-state index in [1.165, 1.54) is 0 Å². The molecular weight excluding hydrogens is 262 g/mol. The van der Waals surface area contributed by atoms with Crippen molar-refractivity contribution >= 4 is 11.6 Å². The topological polar surface area (TPSA) is 26.8 Å². The van der Waals surface area contributed by atoms with Crippen LogP contribution in [0.25, 0.3) is 0 Å². The van der Waals surface area contributed by atoms with E-state index < -0.39 is 0 Å². The highest BCUT2D eigenvalue weighted by Gasteiger charge is 2.41. The molecule has 1 aromatic rings. The summed E-state index contributed by atoms with van der Waals surface area (Å²) in [6.07, 6.45) is 0.938. The van der Waals surface area contributed by atoms with Gasteiger partial charge in [0.05, 0.1) is 6.04 Å². The summed E-state index contributed by atoms with van der Waals surface area (Å²) in [6, 6.07) is 10.1. The number of anilines is 1. The molecule has 21 heavy (non-hydrogen) atoms. The standard InChI is InChI=1S/C17H25N3O/c1-17(2)13-19(12-11-18(17)3)15-9-10-20(16(15)21)14-7-5-4-6-8-14/h4-8,15H,9-13H2,1-3H3. The SMILES string of the molecule is CN1CCN(C2CCN(c3ccccc3)C2=O)CC1(C)C. The number of piperazine rings is 1. The van der Waals surface area contributed by atoms with Gasteiger partial charge in [-0.25, -0.2) is 0 Å². The summed E-state index contributed by atoms with van der Waals surface area (Å²) in [6.45, 7) is 8.32. The number of nitrogens with zero attached hydrogens (tertiary/aromatic N) is 3. The molecule has 0 aliphatic carbocycles. The number of benzene rings is 1. The molecule has 0 spiro atoms. The molecule has 1 amide bonds. The van der Waals surface area contributed by atoms with Crippen LogP contribution in [0.4, 0.5) is 5.69 Å². The van der Waals surface area contributed by atoms with E-state index in [0.717, 1.165) is 38.3 Å². The first kappa shape index (κ1) is 14.5. The monoisotopic (exact) mass is 287 g/mol. The highest BCUT2D eigenvalue weighted by Crippen LogP contribution is 2.28. The predicted molar refractivity (Wildman–Crippen MR) is 85.5 cm³/mol. The Balaban J connectivity index is 1.73. The first-order valence-electron chi connectivity index (χ1n) is 7.81. The summed E-state index contributed by atoms with van der Waals surface area (Å²) in [5, 5.41) is 0. The average molecular weight is 287 g/mol. The number of carbonyl (C=O) groups excluding carboxylic acids is 1. The molecule has 1 aromatic carbocycles. The van der Waals surface area contributed by atoms with Crippen molar-refractivity contribution in [3.05, 3.63) is 30.3 Å². The Hall–Kier alpha value is -1.39. The van der Waals surface area contributed by atoms with E-state index in [-0.39, 0.29) is 17.5 Å². The van der Waals surface area contributed by atoms with Crippen LogP contribution in [0.1, 0.15) is 20.3 Å². The van der Waals surface area contributed by atoms with Crippen molar-refractivity contribution in [1.29, 1.82) is 0 Å².